The smallest absolute Gasteiger partial charge is 0.260 e. The first-order valence-electron chi connectivity index (χ1n) is 6.91. The van der Waals surface area contributed by atoms with Crippen molar-refractivity contribution < 1.29 is 14.3 Å². The van der Waals surface area contributed by atoms with Crippen LogP contribution < -0.4 is 20.5 Å². The molecular weight excluding hydrogens is 256 g/mol. The summed E-state index contributed by atoms with van der Waals surface area (Å²) < 4.78 is 11.0. The van der Waals surface area contributed by atoms with Crippen LogP contribution in [0, 0.1) is 0 Å². The van der Waals surface area contributed by atoms with Gasteiger partial charge in [-0.1, -0.05) is 6.07 Å². The number of hydrogen-bond acceptors (Lipinski definition) is 4. The summed E-state index contributed by atoms with van der Waals surface area (Å²) in [5.41, 5.74) is 6.80. The molecule has 0 saturated heterocycles. The summed E-state index contributed by atoms with van der Waals surface area (Å²) in [7, 11) is 1.57. The molecule has 5 heteroatoms. The molecule has 1 aromatic carbocycles. The normalized spacial score (nSPS) is 17.2. The van der Waals surface area contributed by atoms with Gasteiger partial charge >= 0.3 is 0 Å². The molecule has 0 heterocycles. The van der Waals surface area contributed by atoms with Gasteiger partial charge in [-0.2, -0.15) is 0 Å². The van der Waals surface area contributed by atoms with Gasteiger partial charge in [-0.05, 0) is 44.4 Å². The SMILES string of the molecule is COc1cc([C@@H](C)N)ccc1OC(C)C(=O)NC1CC1. The molecule has 1 aliphatic carbocycles. The van der Waals surface area contributed by atoms with E-state index in [0.29, 0.717) is 17.5 Å². The van der Waals surface area contributed by atoms with Crippen LogP contribution in [0.15, 0.2) is 18.2 Å². The number of nitrogens with one attached hydrogen (secondary N) is 1. The Labute approximate surface area is 119 Å². The van der Waals surface area contributed by atoms with Crippen LogP contribution in [0.3, 0.4) is 0 Å². The molecule has 0 radical (unpaired) electrons. The lowest BCUT2D eigenvalue weighted by atomic mass is 10.1. The number of carbonyl (C=O) groups is 1. The molecule has 1 aromatic rings. The molecule has 1 aliphatic rings. The van der Waals surface area contributed by atoms with E-state index in [-0.39, 0.29) is 11.9 Å². The van der Waals surface area contributed by atoms with Crippen molar-refractivity contribution in [3.8, 4) is 11.5 Å². The van der Waals surface area contributed by atoms with Crippen molar-refractivity contribution in [1.82, 2.24) is 5.32 Å². The highest BCUT2D eigenvalue weighted by Gasteiger charge is 2.26. The Morgan fingerprint density at radius 1 is 1.35 bits per heavy atom. The van der Waals surface area contributed by atoms with Crippen LogP contribution in [0.5, 0.6) is 11.5 Å². The van der Waals surface area contributed by atoms with Crippen molar-refractivity contribution in [3.05, 3.63) is 23.8 Å². The summed E-state index contributed by atoms with van der Waals surface area (Å²) in [5, 5.41) is 2.92. The van der Waals surface area contributed by atoms with E-state index < -0.39 is 6.10 Å². The molecule has 2 rings (SSSR count). The highest BCUT2D eigenvalue weighted by atomic mass is 16.5. The number of carbonyl (C=O) groups excluding carboxylic acids is 1. The van der Waals surface area contributed by atoms with Gasteiger partial charge in [0.15, 0.2) is 17.6 Å². The summed E-state index contributed by atoms with van der Waals surface area (Å²) in [5.74, 6) is 1.05. The Morgan fingerprint density at radius 2 is 2.05 bits per heavy atom. The predicted octanol–water partition coefficient (Wildman–Crippen LogP) is 1.76. The largest absolute Gasteiger partial charge is 0.493 e. The molecule has 2 atom stereocenters. The molecule has 0 bridgehead atoms. The number of benzene rings is 1. The minimum atomic E-state index is -0.550. The Hall–Kier alpha value is -1.75. The number of rotatable bonds is 6. The summed E-state index contributed by atoms with van der Waals surface area (Å²) in [6.07, 6.45) is 1.57. The lowest BCUT2D eigenvalue weighted by molar-refractivity contribution is -0.127. The third kappa shape index (κ3) is 3.63. The quantitative estimate of drug-likeness (QED) is 0.831. The topological polar surface area (TPSA) is 73.6 Å². The average molecular weight is 278 g/mol. The third-order valence-electron chi connectivity index (χ3n) is 3.31. The van der Waals surface area contributed by atoms with E-state index in [0.717, 1.165) is 18.4 Å². The van der Waals surface area contributed by atoms with Crippen molar-refractivity contribution >= 4 is 5.91 Å². The highest BCUT2D eigenvalue weighted by molar-refractivity contribution is 5.81. The van der Waals surface area contributed by atoms with Crippen LogP contribution in [0.1, 0.15) is 38.3 Å². The summed E-state index contributed by atoms with van der Waals surface area (Å²) in [4.78, 5) is 11.9. The van der Waals surface area contributed by atoms with Crippen molar-refractivity contribution in [2.45, 2.75) is 44.9 Å². The van der Waals surface area contributed by atoms with Gasteiger partial charge < -0.3 is 20.5 Å². The molecule has 5 nitrogen and oxygen atoms in total. The van der Waals surface area contributed by atoms with Gasteiger partial charge in [-0.25, -0.2) is 0 Å². The minimum absolute atomic E-state index is 0.0754. The number of amides is 1. The molecule has 1 saturated carbocycles. The van der Waals surface area contributed by atoms with E-state index in [1.54, 1.807) is 20.1 Å². The molecule has 0 spiro atoms. The van der Waals surface area contributed by atoms with E-state index >= 15 is 0 Å². The molecule has 3 N–H and O–H groups in total. The van der Waals surface area contributed by atoms with Crippen LogP contribution in [0.25, 0.3) is 0 Å². The summed E-state index contributed by atoms with van der Waals surface area (Å²) >= 11 is 0. The zero-order chi connectivity index (χ0) is 14.7. The molecule has 1 fully saturated rings. The second-order valence-electron chi connectivity index (χ2n) is 5.24. The Balaban J connectivity index is 2.05. The lowest BCUT2D eigenvalue weighted by Gasteiger charge is -2.18. The van der Waals surface area contributed by atoms with E-state index in [1.807, 2.05) is 19.1 Å². The highest BCUT2D eigenvalue weighted by Crippen LogP contribution is 2.30. The molecule has 1 amide bonds. The first kappa shape index (κ1) is 14.7. The second kappa shape index (κ2) is 6.13. The molecular formula is C15H22N2O3. The first-order chi connectivity index (χ1) is 9.51. The van der Waals surface area contributed by atoms with Gasteiger partial charge in [-0.3, -0.25) is 4.79 Å². The van der Waals surface area contributed by atoms with Crippen LogP contribution in [0.2, 0.25) is 0 Å². The van der Waals surface area contributed by atoms with E-state index in [1.165, 1.54) is 0 Å². The maximum Gasteiger partial charge on any atom is 0.260 e. The van der Waals surface area contributed by atoms with Gasteiger partial charge in [0.05, 0.1) is 7.11 Å². The molecule has 20 heavy (non-hydrogen) atoms. The van der Waals surface area contributed by atoms with Gasteiger partial charge in [0.1, 0.15) is 0 Å². The van der Waals surface area contributed by atoms with Crippen molar-refractivity contribution in [1.29, 1.82) is 0 Å². The van der Waals surface area contributed by atoms with Gasteiger partial charge in [-0.15, -0.1) is 0 Å². The average Bonchev–Trinajstić information content (AvgIpc) is 3.22. The predicted molar refractivity (Wildman–Crippen MR) is 76.9 cm³/mol. The number of methoxy groups -OCH3 is 1. The standard InChI is InChI=1S/C15H22N2O3/c1-9(16)11-4-7-13(14(8-11)19-3)20-10(2)15(18)17-12-5-6-12/h4,7-10,12H,5-6,16H2,1-3H3,(H,17,18)/t9-,10?/m1/s1. The van der Waals surface area contributed by atoms with Gasteiger partial charge in [0, 0.05) is 12.1 Å². The lowest BCUT2D eigenvalue weighted by Crippen LogP contribution is -2.37. The van der Waals surface area contributed by atoms with Crippen LogP contribution >= 0.6 is 0 Å². The van der Waals surface area contributed by atoms with Crippen LogP contribution in [-0.2, 0) is 4.79 Å². The van der Waals surface area contributed by atoms with E-state index in [4.69, 9.17) is 15.2 Å². The molecule has 0 aliphatic heterocycles. The minimum Gasteiger partial charge on any atom is -0.493 e. The zero-order valence-electron chi connectivity index (χ0n) is 12.2. The van der Waals surface area contributed by atoms with E-state index in [9.17, 15) is 4.79 Å². The van der Waals surface area contributed by atoms with Crippen molar-refractivity contribution in [2.24, 2.45) is 5.73 Å². The maximum atomic E-state index is 11.9. The Bertz CT molecular complexity index is 484. The summed E-state index contributed by atoms with van der Waals surface area (Å²) in [6.45, 7) is 3.64. The summed E-state index contributed by atoms with van der Waals surface area (Å²) in [6, 6.07) is 5.77. The van der Waals surface area contributed by atoms with Gasteiger partial charge in [0.2, 0.25) is 0 Å². The Kier molecular flexibility index (Phi) is 4.49. The van der Waals surface area contributed by atoms with Crippen molar-refractivity contribution in [3.63, 3.8) is 0 Å². The molecule has 0 aromatic heterocycles. The maximum absolute atomic E-state index is 11.9. The molecule has 110 valence electrons. The van der Waals surface area contributed by atoms with E-state index in [2.05, 4.69) is 5.32 Å². The van der Waals surface area contributed by atoms with Crippen LogP contribution in [0.4, 0.5) is 0 Å². The van der Waals surface area contributed by atoms with Crippen LogP contribution in [-0.4, -0.2) is 25.2 Å². The first-order valence-corrected chi connectivity index (χ1v) is 6.91. The fourth-order valence-electron chi connectivity index (χ4n) is 1.85. The number of ether oxygens (including phenoxy) is 2. The van der Waals surface area contributed by atoms with Gasteiger partial charge in [0.25, 0.3) is 5.91 Å². The second-order valence-corrected chi connectivity index (χ2v) is 5.24. The Morgan fingerprint density at radius 3 is 2.60 bits per heavy atom. The fourth-order valence-corrected chi connectivity index (χ4v) is 1.85. The fraction of sp³-hybridized carbons (Fsp3) is 0.533. The zero-order valence-corrected chi connectivity index (χ0v) is 12.2. The monoisotopic (exact) mass is 278 g/mol. The third-order valence-corrected chi connectivity index (χ3v) is 3.31. The number of nitrogens with two attached hydrogens (primary N) is 1. The molecule has 1 unspecified atom stereocenters. The van der Waals surface area contributed by atoms with Crippen molar-refractivity contribution in [2.75, 3.05) is 7.11 Å². The number of hydrogen-bond donors (Lipinski definition) is 2.